The number of nitrogens with one attached hydrogen (secondary N) is 1. The van der Waals surface area contributed by atoms with Gasteiger partial charge in [0, 0.05) is 30.6 Å². The maximum absolute atomic E-state index is 12.7. The van der Waals surface area contributed by atoms with E-state index >= 15 is 0 Å². The van der Waals surface area contributed by atoms with Crippen LogP contribution in [0.1, 0.15) is 42.5 Å². The lowest BCUT2D eigenvalue weighted by molar-refractivity contribution is -0.125. The van der Waals surface area contributed by atoms with Crippen LogP contribution >= 0.6 is 0 Å². The lowest BCUT2D eigenvalue weighted by Crippen LogP contribution is -2.59. The van der Waals surface area contributed by atoms with Crippen LogP contribution in [-0.2, 0) is 14.3 Å². The van der Waals surface area contributed by atoms with E-state index in [1.165, 1.54) is 19.3 Å². The average Bonchev–Trinajstić information content (AvgIpc) is 2.86. The number of fused-ring (bicyclic) bond motifs is 1. The molecule has 0 radical (unpaired) electrons. The molecule has 1 aliphatic heterocycles. The summed E-state index contributed by atoms with van der Waals surface area (Å²) in [5.74, 6) is -0.0928. The smallest absolute Gasteiger partial charge is 0.339 e. The zero-order chi connectivity index (χ0) is 22.4. The van der Waals surface area contributed by atoms with Gasteiger partial charge in [-0.2, -0.15) is 0 Å². The third-order valence-electron chi connectivity index (χ3n) is 6.74. The van der Waals surface area contributed by atoms with Gasteiger partial charge in [-0.3, -0.25) is 9.69 Å². The fraction of sp³-hybridized carbons (Fsp3) is 0.520. The Kier molecular flexibility index (Phi) is 7.27. The maximum atomic E-state index is 12.7. The number of ether oxygens (including phenoxy) is 3. The molecule has 0 spiro atoms. The molecule has 0 unspecified atom stereocenters. The minimum atomic E-state index is -0.514. The molecule has 0 bridgehead atoms. The normalized spacial score (nSPS) is 18.8. The van der Waals surface area contributed by atoms with E-state index in [9.17, 15) is 9.59 Å². The van der Waals surface area contributed by atoms with Crippen molar-refractivity contribution in [1.82, 2.24) is 10.2 Å². The van der Waals surface area contributed by atoms with E-state index in [-0.39, 0.29) is 18.1 Å². The Hall–Kier alpha value is -2.64. The maximum Gasteiger partial charge on any atom is 0.339 e. The van der Waals surface area contributed by atoms with E-state index < -0.39 is 5.97 Å². The molecule has 0 atom stereocenters. The first-order chi connectivity index (χ1) is 15.6. The SMILES string of the molecule is COc1ccc(C(=O)OCC(=O)NCC2(N3CCOCC3)CCCCC2)c2ccccc12. The number of methoxy groups -OCH3 is 1. The third-order valence-corrected chi connectivity index (χ3v) is 6.74. The summed E-state index contributed by atoms with van der Waals surface area (Å²) in [5, 5.41) is 4.61. The van der Waals surface area contributed by atoms with Crippen molar-refractivity contribution < 1.29 is 23.8 Å². The van der Waals surface area contributed by atoms with Crippen molar-refractivity contribution in [2.75, 3.05) is 46.6 Å². The van der Waals surface area contributed by atoms with Gasteiger partial charge in [0.25, 0.3) is 5.91 Å². The van der Waals surface area contributed by atoms with E-state index in [1.807, 2.05) is 24.3 Å². The summed E-state index contributed by atoms with van der Waals surface area (Å²) in [5.41, 5.74) is 0.403. The number of rotatable bonds is 7. The summed E-state index contributed by atoms with van der Waals surface area (Å²) in [4.78, 5) is 27.8. The number of carbonyl (C=O) groups excluding carboxylic acids is 2. The highest BCUT2D eigenvalue weighted by Gasteiger charge is 2.38. The molecule has 1 N–H and O–H groups in total. The summed E-state index contributed by atoms with van der Waals surface area (Å²) in [6.07, 6.45) is 5.74. The number of morpholine rings is 1. The van der Waals surface area contributed by atoms with Crippen molar-refractivity contribution in [2.24, 2.45) is 0 Å². The van der Waals surface area contributed by atoms with E-state index in [4.69, 9.17) is 14.2 Å². The average molecular weight is 441 g/mol. The molecule has 32 heavy (non-hydrogen) atoms. The molecule has 4 rings (SSSR count). The molecule has 2 aromatic rings. The summed E-state index contributed by atoms with van der Waals surface area (Å²) in [7, 11) is 1.60. The van der Waals surface area contributed by atoms with Gasteiger partial charge >= 0.3 is 5.97 Å². The van der Waals surface area contributed by atoms with Crippen LogP contribution in [-0.4, -0.2) is 68.9 Å². The molecule has 1 saturated heterocycles. The van der Waals surface area contributed by atoms with E-state index in [2.05, 4.69) is 10.2 Å². The molecule has 1 aliphatic carbocycles. The number of amides is 1. The first-order valence-corrected chi connectivity index (χ1v) is 11.5. The number of benzene rings is 2. The second-order valence-electron chi connectivity index (χ2n) is 8.60. The van der Waals surface area contributed by atoms with Crippen LogP contribution < -0.4 is 10.1 Å². The fourth-order valence-corrected chi connectivity index (χ4v) is 5.00. The van der Waals surface area contributed by atoms with Crippen LogP contribution in [0.5, 0.6) is 5.75 Å². The summed E-state index contributed by atoms with van der Waals surface area (Å²) in [6.45, 7) is 3.56. The van der Waals surface area contributed by atoms with Crippen LogP contribution in [0.3, 0.4) is 0 Å². The predicted molar refractivity (Wildman–Crippen MR) is 122 cm³/mol. The molecule has 172 valence electrons. The molecule has 1 amide bonds. The van der Waals surface area contributed by atoms with Crippen molar-refractivity contribution >= 4 is 22.6 Å². The molecular formula is C25H32N2O5. The van der Waals surface area contributed by atoms with Crippen molar-refractivity contribution in [3.63, 3.8) is 0 Å². The minimum Gasteiger partial charge on any atom is -0.496 e. The monoisotopic (exact) mass is 440 g/mol. The van der Waals surface area contributed by atoms with Crippen molar-refractivity contribution in [3.05, 3.63) is 42.0 Å². The molecule has 2 fully saturated rings. The Bertz CT molecular complexity index is 948. The van der Waals surface area contributed by atoms with E-state index in [0.29, 0.717) is 17.9 Å². The van der Waals surface area contributed by atoms with Gasteiger partial charge in [0.1, 0.15) is 5.75 Å². The van der Waals surface area contributed by atoms with E-state index in [1.54, 1.807) is 19.2 Å². The first-order valence-electron chi connectivity index (χ1n) is 11.5. The lowest BCUT2D eigenvalue weighted by Gasteiger charge is -2.48. The molecule has 1 saturated carbocycles. The van der Waals surface area contributed by atoms with Crippen LogP contribution in [0, 0.1) is 0 Å². The highest BCUT2D eigenvalue weighted by Crippen LogP contribution is 2.34. The number of esters is 1. The zero-order valence-corrected chi connectivity index (χ0v) is 18.7. The molecule has 0 aromatic heterocycles. The largest absolute Gasteiger partial charge is 0.496 e. The Balaban J connectivity index is 1.36. The molecular weight excluding hydrogens is 408 g/mol. The molecule has 2 aromatic carbocycles. The zero-order valence-electron chi connectivity index (χ0n) is 18.7. The van der Waals surface area contributed by atoms with Gasteiger partial charge in [0.15, 0.2) is 6.61 Å². The Morgan fingerprint density at radius 1 is 1.03 bits per heavy atom. The van der Waals surface area contributed by atoms with Crippen LogP contribution in [0.2, 0.25) is 0 Å². The highest BCUT2D eigenvalue weighted by atomic mass is 16.5. The Labute approximate surface area is 189 Å². The van der Waals surface area contributed by atoms with E-state index in [0.717, 1.165) is 49.9 Å². The van der Waals surface area contributed by atoms with Gasteiger partial charge in [-0.25, -0.2) is 4.79 Å². The summed E-state index contributed by atoms with van der Waals surface area (Å²) in [6, 6.07) is 10.9. The quantitative estimate of drug-likeness (QED) is 0.667. The Morgan fingerprint density at radius 2 is 1.75 bits per heavy atom. The topological polar surface area (TPSA) is 77.1 Å². The first kappa shape index (κ1) is 22.6. The van der Waals surface area contributed by atoms with Crippen molar-refractivity contribution in [1.29, 1.82) is 0 Å². The molecule has 7 heteroatoms. The lowest BCUT2D eigenvalue weighted by atomic mass is 9.79. The number of hydrogen-bond donors (Lipinski definition) is 1. The van der Waals surface area contributed by atoms with Gasteiger partial charge in [0.05, 0.1) is 25.9 Å². The third kappa shape index (κ3) is 4.89. The van der Waals surface area contributed by atoms with Gasteiger partial charge in [-0.1, -0.05) is 43.5 Å². The van der Waals surface area contributed by atoms with Gasteiger partial charge in [-0.05, 0) is 30.4 Å². The molecule has 1 heterocycles. The molecule has 2 aliphatic rings. The minimum absolute atomic E-state index is 0.0200. The number of nitrogens with zero attached hydrogens (tertiary/aromatic N) is 1. The van der Waals surface area contributed by atoms with Crippen LogP contribution in [0.25, 0.3) is 10.8 Å². The standard InChI is InChI=1S/C25H32N2O5/c1-30-22-10-9-21(19-7-3-4-8-20(19)22)24(29)32-17-23(28)26-18-25(11-5-2-6-12-25)27-13-15-31-16-14-27/h3-4,7-10H,2,5-6,11-18H2,1H3,(H,26,28). The van der Waals surface area contributed by atoms with Crippen LogP contribution in [0.4, 0.5) is 0 Å². The van der Waals surface area contributed by atoms with Gasteiger partial charge in [0.2, 0.25) is 0 Å². The van der Waals surface area contributed by atoms with Crippen LogP contribution in [0.15, 0.2) is 36.4 Å². The number of hydrogen-bond acceptors (Lipinski definition) is 6. The van der Waals surface area contributed by atoms with Gasteiger partial charge < -0.3 is 19.5 Å². The second kappa shape index (κ2) is 10.3. The van der Waals surface area contributed by atoms with Crippen molar-refractivity contribution in [2.45, 2.75) is 37.6 Å². The van der Waals surface area contributed by atoms with Crippen molar-refractivity contribution in [3.8, 4) is 5.75 Å². The Morgan fingerprint density at radius 3 is 2.47 bits per heavy atom. The molecule has 7 nitrogen and oxygen atoms in total. The summed E-state index contributed by atoms with van der Waals surface area (Å²) >= 11 is 0. The predicted octanol–water partition coefficient (Wildman–Crippen LogP) is 3.16. The second-order valence-corrected chi connectivity index (χ2v) is 8.60. The summed E-state index contributed by atoms with van der Waals surface area (Å²) < 4.78 is 16.3. The fourth-order valence-electron chi connectivity index (χ4n) is 5.00. The number of carbonyl (C=O) groups is 2. The highest BCUT2D eigenvalue weighted by molar-refractivity contribution is 6.06. The van der Waals surface area contributed by atoms with Gasteiger partial charge in [-0.15, -0.1) is 0 Å².